The van der Waals surface area contributed by atoms with Gasteiger partial charge in [-0.1, -0.05) is 13.3 Å². The fourth-order valence-corrected chi connectivity index (χ4v) is 4.38. The lowest BCUT2D eigenvalue weighted by Gasteiger charge is -2.30. The first-order valence-corrected chi connectivity index (χ1v) is 10.0. The van der Waals surface area contributed by atoms with Gasteiger partial charge in [0.2, 0.25) is 15.9 Å². The maximum absolute atomic E-state index is 13.5. The molecule has 0 radical (unpaired) electrons. The Bertz CT molecular complexity index is 751. The van der Waals surface area contributed by atoms with E-state index < -0.39 is 45.0 Å². The van der Waals surface area contributed by atoms with E-state index in [4.69, 9.17) is 0 Å². The van der Waals surface area contributed by atoms with Gasteiger partial charge in [-0.15, -0.1) is 0 Å². The number of halogens is 3. The van der Waals surface area contributed by atoms with Gasteiger partial charge in [0, 0.05) is 19.0 Å². The van der Waals surface area contributed by atoms with Crippen LogP contribution in [0.3, 0.4) is 0 Å². The van der Waals surface area contributed by atoms with E-state index in [9.17, 15) is 26.4 Å². The molecule has 6 nitrogen and oxygen atoms in total. The van der Waals surface area contributed by atoms with E-state index in [1.807, 2.05) is 6.92 Å². The number of piperidine rings is 1. The molecule has 1 aromatic rings. The highest BCUT2D eigenvalue weighted by Gasteiger charge is 2.30. The lowest BCUT2D eigenvalue weighted by molar-refractivity contribution is -0.125. The second-order valence-electron chi connectivity index (χ2n) is 6.18. The molecule has 1 aliphatic heterocycles. The van der Waals surface area contributed by atoms with Crippen molar-refractivity contribution in [3.63, 3.8) is 0 Å². The summed E-state index contributed by atoms with van der Waals surface area (Å²) in [7, 11) is -3.31. The van der Waals surface area contributed by atoms with Crippen LogP contribution < -0.4 is 10.9 Å². The molecule has 10 heteroatoms. The highest BCUT2D eigenvalue weighted by Crippen LogP contribution is 2.22. The quantitative estimate of drug-likeness (QED) is 0.551. The van der Waals surface area contributed by atoms with Crippen molar-refractivity contribution >= 4 is 21.6 Å². The molecule has 2 rings (SSSR count). The number of unbranched alkanes of at least 4 members (excludes halogenated alkanes) is 1. The van der Waals surface area contributed by atoms with Gasteiger partial charge in [-0.2, -0.15) is 0 Å². The number of hydrogen-bond donors (Lipinski definition) is 2. The van der Waals surface area contributed by atoms with Crippen molar-refractivity contribution in [3.05, 3.63) is 29.6 Å². The molecule has 1 saturated heterocycles. The number of hydrazine groups is 1. The van der Waals surface area contributed by atoms with Crippen molar-refractivity contribution in [1.29, 1.82) is 0 Å². The highest BCUT2D eigenvalue weighted by atomic mass is 32.2. The molecule has 0 bridgehead atoms. The second-order valence-corrected chi connectivity index (χ2v) is 8.27. The maximum atomic E-state index is 13.5. The number of carbonyl (C=O) groups is 1. The summed E-state index contributed by atoms with van der Waals surface area (Å²) in [6.07, 6.45) is 2.04. The Kier molecular flexibility index (Phi) is 6.87. The summed E-state index contributed by atoms with van der Waals surface area (Å²) in [4.78, 5) is 12.1. The SMILES string of the molecule is CCCCS(=O)(=O)N1CCC(C(=O)NNc2ccc(F)c(F)c2F)CC1. The largest absolute Gasteiger partial charge is 0.296 e. The first-order chi connectivity index (χ1) is 12.3. The van der Waals surface area contributed by atoms with Gasteiger partial charge in [0.1, 0.15) is 0 Å². The number of amides is 1. The minimum atomic E-state index is -3.31. The molecule has 1 amide bonds. The summed E-state index contributed by atoms with van der Waals surface area (Å²) in [5.74, 6) is -5.20. The van der Waals surface area contributed by atoms with Crippen molar-refractivity contribution in [1.82, 2.24) is 9.73 Å². The van der Waals surface area contributed by atoms with E-state index in [-0.39, 0.29) is 18.8 Å². The number of hydrogen-bond acceptors (Lipinski definition) is 4. The van der Waals surface area contributed by atoms with Crippen LogP contribution in [-0.4, -0.2) is 37.5 Å². The van der Waals surface area contributed by atoms with Gasteiger partial charge in [-0.05, 0) is 31.4 Å². The van der Waals surface area contributed by atoms with E-state index in [0.29, 0.717) is 19.3 Å². The van der Waals surface area contributed by atoms with Crippen molar-refractivity contribution in [2.75, 3.05) is 24.3 Å². The molecule has 2 N–H and O–H groups in total. The molecule has 1 fully saturated rings. The number of rotatable bonds is 7. The molecular weight excluding hydrogens is 371 g/mol. The van der Waals surface area contributed by atoms with E-state index in [2.05, 4.69) is 10.9 Å². The van der Waals surface area contributed by atoms with Crippen LogP contribution in [0.4, 0.5) is 18.9 Å². The standard InChI is InChI=1S/C16H22F3N3O3S/c1-2-3-10-26(24,25)22-8-6-11(7-9-22)16(23)21-20-13-5-4-12(17)14(18)15(13)19/h4-5,11,20H,2-3,6-10H2,1H3,(H,21,23). The zero-order valence-corrected chi connectivity index (χ0v) is 15.2. The summed E-state index contributed by atoms with van der Waals surface area (Å²) in [5, 5.41) is 0. The Balaban J connectivity index is 1.86. The molecule has 0 aliphatic carbocycles. The molecule has 0 aromatic heterocycles. The number of benzene rings is 1. The molecule has 146 valence electrons. The molecule has 1 heterocycles. The van der Waals surface area contributed by atoms with Crippen LogP contribution in [-0.2, 0) is 14.8 Å². The number of sulfonamides is 1. The van der Waals surface area contributed by atoms with Crippen LogP contribution in [0.5, 0.6) is 0 Å². The third-order valence-electron chi connectivity index (χ3n) is 4.33. The predicted molar refractivity (Wildman–Crippen MR) is 91.1 cm³/mol. The average Bonchev–Trinajstić information content (AvgIpc) is 2.64. The summed E-state index contributed by atoms with van der Waals surface area (Å²) in [6.45, 7) is 2.39. The van der Waals surface area contributed by atoms with Gasteiger partial charge < -0.3 is 0 Å². The Morgan fingerprint density at radius 1 is 1.19 bits per heavy atom. The van der Waals surface area contributed by atoms with E-state index in [0.717, 1.165) is 18.6 Å². The molecule has 26 heavy (non-hydrogen) atoms. The predicted octanol–water partition coefficient (Wildman–Crippen LogP) is 2.39. The highest BCUT2D eigenvalue weighted by molar-refractivity contribution is 7.89. The Labute approximate surface area is 150 Å². The van der Waals surface area contributed by atoms with Crippen LogP contribution in [0.25, 0.3) is 0 Å². The summed E-state index contributed by atoms with van der Waals surface area (Å²) < 4.78 is 65.2. The van der Waals surface area contributed by atoms with Crippen molar-refractivity contribution in [2.45, 2.75) is 32.6 Å². The molecule has 1 aliphatic rings. The first kappa shape index (κ1) is 20.5. The molecule has 0 spiro atoms. The lowest BCUT2D eigenvalue weighted by Crippen LogP contribution is -2.44. The summed E-state index contributed by atoms with van der Waals surface area (Å²) in [6, 6.07) is 1.71. The lowest BCUT2D eigenvalue weighted by atomic mass is 9.98. The van der Waals surface area contributed by atoms with E-state index >= 15 is 0 Å². The number of nitrogens with one attached hydrogen (secondary N) is 2. The smallest absolute Gasteiger partial charge is 0.241 e. The Morgan fingerprint density at radius 2 is 1.85 bits per heavy atom. The number of carbonyl (C=O) groups excluding carboxylic acids is 1. The first-order valence-electron chi connectivity index (χ1n) is 8.43. The Hall–Kier alpha value is -1.81. The average molecular weight is 393 g/mol. The summed E-state index contributed by atoms with van der Waals surface area (Å²) in [5.41, 5.74) is 4.10. The Morgan fingerprint density at radius 3 is 2.46 bits per heavy atom. The third-order valence-corrected chi connectivity index (χ3v) is 6.29. The zero-order chi connectivity index (χ0) is 19.3. The van der Waals surface area contributed by atoms with Crippen molar-refractivity contribution in [2.24, 2.45) is 5.92 Å². The van der Waals surface area contributed by atoms with Gasteiger partial charge in [0.15, 0.2) is 17.5 Å². The van der Waals surface area contributed by atoms with Gasteiger partial charge in [-0.3, -0.25) is 15.6 Å². The minimum absolute atomic E-state index is 0.0946. The van der Waals surface area contributed by atoms with Crippen LogP contribution >= 0.6 is 0 Å². The normalized spacial score (nSPS) is 16.5. The fraction of sp³-hybridized carbons (Fsp3) is 0.562. The maximum Gasteiger partial charge on any atom is 0.241 e. The second kappa shape index (κ2) is 8.72. The van der Waals surface area contributed by atoms with Crippen LogP contribution in [0.15, 0.2) is 12.1 Å². The van der Waals surface area contributed by atoms with Crippen molar-refractivity contribution < 1.29 is 26.4 Å². The molecular formula is C16H22F3N3O3S. The van der Waals surface area contributed by atoms with Crippen LogP contribution in [0, 0.1) is 23.4 Å². The summed E-state index contributed by atoms with van der Waals surface area (Å²) >= 11 is 0. The van der Waals surface area contributed by atoms with Gasteiger partial charge in [0.25, 0.3) is 0 Å². The van der Waals surface area contributed by atoms with Gasteiger partial charge in [0.05, 0.1) is 11.4 Å². The monoisotopic (exact) mass is 393 g/mol. The van der Waals surface area contributed by atoms with Crippen LogP contribution in [0.1, 0.15) is 32.6 Å². The zero-order valence-electron chi connectivity index (χ0n) is 14.4. The van der Waals surface area contributed by atoms with Gasteiger partial charge >= 0.3 is 0 Å². The fourth-order valence-electron chi connectivity index (χ4n) is 2.71. The molecule has 0 unspecified atom stereocenters. The minimum Gasteiger partial charge on any atom is -0.296 e. The van der Waals surface area contributed by atoms with Gasteiger partial charge in [-0.25, -0.2) is 25.9 Å². The third kappa shape index (κ3) is 4.88. The topological polar surface area (TPSA) is 78.5 Å². The number of anilines is 1. The molecule has 1 aromatic carbocycles. The number of nitrogens with zero attached hydrogens (tertiary/aromatic N) is 1. The van der Waals surface area contributed by atoms with E-state index in [1.54, 1.807) is 0 Å². The van der Waals surface area contributed by atoms with E-state index in [1.165, 1.54) is 4.31 Å². The molecule has 0 saturated carbocycles. The van der Waals surface area contributed by atoms with Crippen molar-refractivity contribution in [3.8, 4) is 0 Å². The molecule has 0 atom stereocenters. The van der Waals surface area contributed by atoms with Crippen LogP contribution in [0.2, 0.25) is 0 Å².